The van der Waals surface area contributed by atoms with Crippen molar-refractivity contribution >= 4 is 12.2 Å². The molecule has 9 heteroatoms. The molecular weight excluding hydrogens is 382 g/mol. The smallest absolute Gasteiger partial charge is 0.260 e. The summed E-state index contributed by atoms with van der Waals surface area (Å²) in [5.74, 6) is 1.65. The number of ether oxygens (including phenoxy) is 3. The molecule has 0 saturated heterocycles. The van der Waals surface area contributed by atoms with E-state index < -0.39 is 6.04 Å². The third kappa shape index (κ3) is 2.46. The molecule has 1 aromatic heterocycles. The number of benzene rings is 1. The lowest BCUT2D eigenvalue weighted by atomic mass is 9.87. The lowest BCUT2D eigenvalue weighted by Crippen LogP contribution is -2.37. The average molecular weight is 403 g/mol. The van der Waals surface area contributed by atoms with Crippen molar-refractivity contribution in [3.63, 3.8) is 0 Å². The van der Waals surface area contributed by atoms with Crippen LogP contribution >= 0.6 is 12.2 Å². The molecule has 5 rings (SSSR count). The van der Waals surface area contributed by atoms with Crippen LogP contribution in [0.1, 0.15) is 41.6 Å². The van der Waals surface area contributed by atoms with E-state index in [-0.39, 0.29) is 34.6 Å². The molecular formula is C19H21N3O5S. The first kappa shape index (κ1) is 17.6. The van der Waals surface area contributed by atoms with E-state index in [1.165, 1.54) is 0 Å². The molecule has 28 heavy (non-hydrogen) atoms. The first-order valence-corrected chi connectivity index (χ1v) is 9.69. The van der Waals surface area contributed by atoms with Crippen LogP contribution in [-0.4, -0.2) is 47.1 Å². The Hall–Kier alpha value is -2.52. The summed E-state index contributed by atoms with van der Waals surface area (Å²) in [6.45, 7) is 0.853. The molecule has 148 valence electrons. The standard InChI is InChI=1S/C19H21N3O5S/c1-21-6-5-9-7-11-15(27-8-26-11)16(25-2)12(9)14(21)13-17(23)20-19(28)22(18(13)24)10-3-4-10/h7,10,14,24H,3-6,8H2,1-2H3,(H,20,23,28)/t14-/m1/s1. The Kier molecular flexibility index (Phi) is 3.92. The Bertz CT molecular complexity index is 1090. The third-order valence-electron chi connectivity index (χ3n) is 5.73. The second-order valence-corrected chi connectivity index (χ2v) is 7.83. The highest BCUT2D eigenvalue weighted by molar-refractivity contribution is 7.71. The lowest BCUT2D eigenvalue weighted by molar-refractivity contribution is 0.170. The second kappa shape index (κ2) is 6.25. The van der Waals surface area contributed by atoms with Gasteiger partial charge in [-0.3, -0.25) is 19.2 Å². The number of fused-ring (bicyclic) bond motifs is 2. The van der Waals surface area contributed by atoms with Crippen LogP contribution in [0.3, 0.4) is 0 Å². The SMILES string of the molecule is COc1c2c(cc3c1[C@H](c1c(O)n(C4CC4)c(=S)[nH]c1=O)N(C)CC3)OCO2. The number of rotatable bonds is 3. The maximum Gasteiger partial charge on any atom is 0.260 e. The number of nitrogens with one attached hydrogen (secondary N) is 1. The van der Waals surface area contributed by atoms with Crippen LogP contribution in [0.2, 0.25) is 0 Å². The van der Waals surface area contributed by atoms with Crippen LogP contribution in [0, 0.1) is 4.77 Å². The molecule has 2 aliphatic heterocycles. The van der Waals surface area contributed by atoms with Crippen LogP contribution < -0.4 is 19.8 Å². The van der Waals surface area contributed by atoms with Gasteiger partial charge in [0.25, 0.3) is 5.56 Å². The van der Waals surface area contributed by atoms with Gasteiger partial charge in [-0.1, -0.05) is 0 Å². The average Bonchev–Trinajstić information content (AvgIpc) is 3.37. The van der Waals surface area contributed by atoms with Crippen molar-refractivity contribution in [1.82, 2.24) is 14.5 Å². The van der Waals surface area contributed by atoms with Crippen molar-refractivity contribution in [2.75, 3.05) is 27.5 Å². The largest absolute Gasteiger partial charge is 0.494 e. The van der Waals surface area contributed by atoms with Crippen LogP contribution in [0.25, 0.3) is 0 Å². The van der Waals surface area contributed by atoms with Gasteiger partial charge < -0.3 is 19.3 Å². The van der Waals surface area contributed by atoms with Crippen molar-refractivity contribution in [2.24, 2.45) is 0 Å². The molecule has 1 saturated carbocycles. The number of aromatic nitrogens is 2. The number of nitrogens with zero attached hydrogens (tertiary/aromatic N) is 2. The van der Waals surface area contributed by atoms with E-state index in [1.807, 2.05) is 18.0 Å². The molecule has 2 aromatic rings. The van der Waals surface area contributed by atoms with Gasteiger partial charge in [0, 0.05) is 18.2 Å². The number of hydrogen-bond donors (Lipinski definition) is 2. The maximum atomic E-state index is 12.9. The molecule has 0 radical (unpaired) electrons. The highest BCUT2D eigenvalue weighted by Crippen LogP contribution is 2.51. The fraction of sp³-hybridized carbons (Fsp3) is 0.474. The molecule has 3 aliphatic rings. The van der Waals surface area contributed by atoms with Gasteiger partial charge in [0.05, 0.1) is 18.7 Å². The van der Waals surface area contributed by atoms with E-state index in [0.717, 1.165) is 36.9 Å². The maximum absolute atomic E-state index is 12.9. The first-order valence-electron chi connectivity index (χ1n) is 9.28. The molecule has 1 aliphatic carbocycles. The quantitative estimate of drug-likeness (QED) is 0.760. The molecule has 0 unspecified atom stereocenters. The highest BCUT2D eigenvalue weighted by Gasteiger charge is 2.39. The van der Waals surface area contributed by atoms with E-state index in [0.29, 0.717) is 17.2 Å². The summed E-state index contributed by atoms with van der Waals surface area (Å²) in [7, 11) is 3.50. The predicted molar refractivity (Wildman–Crippen MR) is 103 cm³/mol. The monoisotopic (exact) mass is 403 g/mol. The third-order valence-corrected chi connectivity index (χ3v) is 6.03. The molecule has 3 heterocycles. The van der Waals surface area contributed by atoms with Crippen molar-refractivity contribution in [3.8, 4) is 23.1 Å². The van der Waals surface area contributed by atoms with E-state index in [9.17, 15) is 9.90 Å². The molecule has 0 spiro atoms. The number of hydrogen-bond acceptors (Lipinski definition) is 7. The molecule has 2 N–H and O–H groups in total. The lowest BCUT2D eigenvalue weighted by Gasteiger charge is -2.36. The van der Waals surface area contributed by atoms with E-state index >= 15 is 0 Å². The number of aromatic amines is 1. The highest BCUT2D eigenvalue weighted by atomic mass is 32.1. The van der Waals surface area contributed by atoms with Crippen molar-refractivity contribution in [1.29, 1.82) is 0 Å². The van der Waals surface area contributed by atoms with Gasteiger partial charge in [0.15, 0.2) is 16.3 Å². The van der Waals surface area contributed by atoms with Crippen molar-refractivity contribution in [3.05, 3.63) is 37.9 Å². The van der Waals surface area contributed by atoms with E-state index in [1.54, 1.807) is 11.7 Å². The molecule has 0 bridgehead atoms. The number of methoxy groups -OCH3 is 1. The van der Waals surface area contributed by atoms with Gasteiger partial charge in [0.2, 0.25) is 18.4 Å². The van der Waals surface area contributed by atoms with Gasteiger partial charge in [-0.05, 0) is 50.2 Å². The Morgan fingerprint density at radius 3 is 2.82 bits per heavy atom. The minimum atomic E-state index is -0.488. The summed E-state index contributed by atoms with van der Waals surface area (Å²) in [6, 6.07) is 1.59. The molecule has 1 atom stereocenters. The normalized spacial score (nSPS) is 20.9. The summed E-state index contributed by atoms with van der Waals surface area (Å²) >= 11 is 5.30. The zero-order valence-corrected chi connectivity index (χ0v) is 16.5. The zero-order valence-electron chi connectivity index (χ0n) is 15.7. The minimum Gasteiger partial charge on any atom is -0.494 e. The predicted octanol–water partition coefficient (Wildman–Crippen LogP) is 2.26. The molecule has 8 nitrogen and oxygen atoms in total. The number of aromatic hydroxyl groups is 1. The van der Waals surface area contributed by atoms with Crippen LogP contribution in [0.15, 0.2) is 10.9 Å². The number of H-pyrrole nitrogens is 1. The van der Waals surface area contributed by atoms with E-state index in [4.69, 9.17) is 26.4 Å². The van der Waals surface area contributed by atoms with Gasteiger partial charge in [-0.15, -0.1) is 0 Å². The van der Waals surface area contributed by atoms with Crippen LogP contribution in [0.4, 0.5) is 0 Å². The van der Waals surface area contributed by atoms with Crippen LogP contribution in [-0.2, 0) is 6.42 Å². The van der Waals surface area contributed by atoms with E-state index in [2.05, 4.69) is 4.98 Å². The summed E-state index contributed by atoms with van der Waals surface area (Å²) in [5.41, 5.74) is 1.73. The van der Waals surface area contributed by atoms with Crippen molar-refractivity contribution in [2.45, 2.75) is 31.3 Å². The Balaban J connectivity index is 1.79. The minimum absolute atomic E-state index is 0.0688. The fourth-order valence-electron chi connectivity index (χ4n) is 4.27. The summed E-state index contributed by atoms with van der Waals surface area (Å²) in [6.07, 6.45) is 2.65. The van der Waals surface area contributed by atoms with Gasteiger partial charge in [-0.2, -0.15) is 0 Å². The summed E-state index contributed by atoms with van der Waals surface area (Å²) < 4.78 is 18.8. The zero-order chi connectivity index (χ0) is 19.6. The van der Waals surface area contributed by atoms with Gasteiger partial charge in [-0.25, -0.2) is 0 Å². The second-order valence-electron chi connectivity index (χ2n) is 7.45. The Morgan fingerprint density at radius 1 is 1.32 bits per heavy atom. The Labute approximate surface area is 166 Å². The molecule has 0 amide bonds. The molecule has 1 fully saturated rings. The topological polar surface area (TPSA) is 89.0 Å². The van der Waals surface area contributed by atoms with Crippen molar-refractivity contribution < 1.29 is 19.3 Å². The molecule has 1 aromatic carbocycles. The van der Waals surface area contributed by atoms with Gasteiger partial charge in [0.1, 0.15) is 0 Å². The summed E-state index contributed by atoms with van der Waals surface area (Å²) in [4.78, 5) is 17.7. The summed E-state index contributed by atoms with van der Waals surface area (Å²) in [5, 5.41) is 11.1. The van der Waals surface area contributed by atoms with Crippen LogP contribution in [0.5, 0.6) is 23.1 Å². The fourth-order valence-corrected chi connectivity index (χ4v) is 4.60. The number of likely N-dealkylation sites (N-methyl/N-ethyl adjacent to an activating group) is 1. The Morgan fingerprint density at radius 2 is 2.11 bits per heavy atom. The first-order chi connectivity index (χ1) is 13.5. The van der Waals surface area contributed by atoms with Gasteiger partial charge >= 0.3 is 0 Å².